The van der Waals surface area contributed by atoms with Gasteiger partial charge in [-0.25, -0.2) is 0 Å². The van der Waals surface area contributed by atoms with Crippen molar-refractivity contribution in [3.63, 3.8) is 0 Å². The van der Waals surface area contributed by atoms with Gasteiger partial charge < -0.3 is 4.57 Å². The van der Waals surface area contributed by atoms with Crippen molar-refractivity contribution >= 4 is 53.3 Å². The molecule has 28 heavy (non-hydrogen) atoms. The second-order valence-corrected chi connectivity index (χ2v) is 8.30. The molecular weight excluding hydrogens is 358 g/mol. The number of thiophene rings is 1. The first kappa shape index (κ1) is 15.9. The van der Waals surface area contributed by atoms with Gasteiger partial charge in [0.25, 0.3) is 0 Å². The van der Waals surface area contributed by atoms with Gasteiger partial charge in [0.15, 0.2) is 0 Å². The topological polar surface area (TPSA) is 4.93 Å². The van der Waals surface area contributed by atoms with Gasteiger partial charge in [0, 0.05) is 54.1 Å². The highest BCUT2D eigenvalue weighted by molar-refractivity contribution is 7.26. The second kappa shape index (κ2) is 5.95. The summed E-state index contributed by atoms with van der Waals surface area (Å²) in [6, 6.07) is 31.0. The minimum atomic E-state index is 0.962. The number of benzene rings is 4. The smallest absolute Gasteiger partial charge is 0.0571 e. The molecule has 0 aliphatic heterocycles. The third-order valence-corrected chi connectivity index (χ3v) is 7.02. The SMILES string of the molecule is CCn1c2ccccc2c2cccc(-c3cccc4c3sc3ccccc34)c21. The Balaban J connectivity index is 1.79. The summed E-state index contributed by atoms with van der Waals surface area (Å²) in [5.41, 5.74) is 5.32. The van der Waals surface area contributed by atoms with Crippen LogP contribution >= 0.6 is 11.3 Å². The summed E-state index contributed by atoms with van der Waals surface area (Å²) in [6.45, 7) is 3.20. The summed E-state index contributed by atoms with van der Waals surface area (Å²) < 4.78 is 5.20. The molecule has 0 unspecified atom stereocenters. The zero-order valence-corrected chi connectivity index (χ0v) is 16.5. The Bertz CT molecular complexity index is 1500. The maximum absolute atomic E-state index is 2.46. The highest BCUT2D eigenvalue weighted by Crippen LogP contribution is 2.43. The molecule has 0 saturated heterocycles. The molecule has 1 nitrogen and oxygen atoms in total. The third kappa shape index (κ3) is 2.07. The summed E-state index contributed by atoms with van der Waals surface area (Å²) in [6.07, 6.45) is 0. The van der Waals surface area contributed by atoms with Crippen LogP contribution in [0, 0.1) is 0 Å². The molecule has 0 amide bonds. The van der Waals surface area contributed by atoms with Crippen LogP contribution in [0.15, 0.2) is 84.9 Å². The van der Waals surface area contributed by atoms with E-state index in [2.05, 4.69) is 96.4 Å². The van der Waals surface area contributed by atoms with Gasteiger partial charge in [-0.05, 0) is 19.1 Å². The highest BCUT2D eigenvalue weighted by atomic mass is 32.1. The van der Waals surface area contributed by atoms with E-state index >= 15 is 0 Å². The molecule has 2 aromatic heterocycles. The van der Waals surface area contributed by atoms with Gasteiger partial charge in [0.05, 0.1) is 5.52 Å². The Morgan fingerprint density at radius 3 is 2.18 bits per heavy atom. The molecule has 0 bridgehead atoms. The summed E-state index contributed by atoms with van der Waals surface area (Å²) in [4.78, 5) is 0. The van der Waals surface area contributed by atoms with Gasteiger partial charge in [-0.3, -0.25) is 0 Å². The Kier molecular flexibility index (Phi) is 3.38. The summed E-state index contributed by atoms with van der Waals surface area (Å²) in [7, 11) is 0. The van der Waals surface area contributed by atoms with Crippen LogP contribution < -0.4 is 0 Å². The molecule has 134 valence electrons. The monoisotopic (exact) mass is 377 g/mol. The minimum Gasteiger partial charge on any atom is -0.340 e. The molecule has 6 rings (SSSR count). The second-order valence-electron chi connectivity index (χ2n) is 7.24. The van der Waals surface area contributed by atoms with Crippen molar-refractivity contribution < 1.29 is 0 Å². The van der Waals surface area contributed by atoms with Crippen molar-refractivity contribution in [2.75, 3.05) is 0 Å². The van der Waals surface area contributed by atoms with Crippen molar-refractivity contribution in [3.8, 4) is 11.1 Å². The molecule has 4 aromatic carbocycles. The Hall–Kier alpha value is -3.10. The molecule has 0 spiro atoms. The normalized spacial score (nSPS) is 11.9. The first-order valence-electron chi connectivity index (χ1n) is 9.77. The zero-order chi connectivity index (χ0) is 18.7. The van der Waals surface area contributed by atoms with E-state index < -0.39 is 0 Å². The quantitative estimate of drug-likeness (QED) is 0.289. The number of aryl methyl sites for hydroxylation is 1. The number of para-hydroxylation sites is 2. The van der Waals surface area contributed by atoms with Crippen LogP contribution in [0.2, 0.25) is 0 Å². The van der Waals surface area contributed by atoms with Crippen molar-refractivity contribution in [3.05, 3.63) is 84.9 Å². The molecule has 0 N–H and O–H groups in total. The lowest BCUT2D eigenvalue weighted by atomic mass is 10.00. The van der Waals surface area contributed by atoms with Crippen LogP contribution in [0.4, 0.5) is 0 Å². The fraction of sp³-hybridized carbons (Fsp3) is 0.0769. The molecule has 2 heterocycles. The highest BCUT2D eigenvalue weighted by Gasteiger charge is 2.16. The van der Waals surface area contributed by atoms with E-state index in [0.717, 1.165) is 6.54 Å². The lowest BCUT2D eigenvalue weighted by Gasteiger charge is -2.10. The average molecular weight is 378 g/mol. The van der Waals surface area contributed by atoms with Crippen LogP contribution in [0.1, 0.15) is 6.92 Å². The maximum Gasteiger partial charge on any atom is 0.0571 e. The molecule has 0 radical (unpaired) electrons. The van der Waals surface area contributed by atoms with Crippen LogP contribution in [-0.2, 0) is 6.54 Å². The van der Waals surface area contributed by atoms with Gasteiger partial charge >= 0.3 is 0 Å². The minimum absolute atomic E-state index is 0.962. The molecule has 6 aromatic rings. The van der Waals surface area contributed by atoms with E-state index in [9.17, 15) is 0 Å². The zero-order valence-electron chi connectivity index (χ0n) is 15.6. The molecule has 0 aliphatic rings. The largest absolute Gasteiger partial charge is 0.340 e. The summed E-state index contributed by atoms with van der Waals surface area (Å²) in [5.74, 6) is 0. The van der Waals surface area contributed by atoms with Crippen molar-refractivity contribution in [1.29, 1.82) is 0 Å². The predicted molar refractivity (Wildman–Crippen MR) is 123 cm³/mol. The number of fused-ring (bicyclic) bond motifs is 6. The first-order chi connectivity index (χ1) is 13.9. The van der Waals surface area contributed by atoms with E-state index in [1.807, 2.05) is 11.3 Å². The van der Waals surface area contributed by atoms with Gasteiger partial charge in [-0.15, -0.1) is 11.3 Å². The number of hydrogen-bond donors (Lipinski definition) is 0. The lowest BCUT2D eigenvalue weighted by molar-refractivity contribution is 0.828. The summed E-state index contributed by atoms with van der Waals surface area (Å²) in [5, 5.41) is 5.39. The van der Waals surface area contributed by atoms with Crippen LogP contribution in [0.5, 0.6) is 0 Å². The van der Waals surface area contributed by atoms with Crippen molar-refractivity contribution in [2.24, 2.45) is 0 Å². The molecule has 0 saturated carbocycles. The fourth-order valence-electron chi connectivity index (χ4n) is 4.61. The number of aromatic nitrogens is 1. The number of nitrogens with zero attached hydrogens (tertiary/aromatic N) is 1. The Morgan fingerprint density at radius 1 is 0.643 bits per heavy atom. The van der Waals surface area contributed by atoms with E-state index in [1.54, 1.807) is 0 Å². The van der Waals surface area contributed by atoms with Crippen molar-refractivity contribution in [2.45, 2.75) is 13.5 Å². The lowest BCUT2D eigenvalue weighted by Crippen LogP contribution is -1.95. The molecular formula is C26H19NS. The van der Waals surface area contributed by atoms with E-state index in [-0.39, 0.29) is 0 Å². The van der Waals surface area contributed by atoms with Gasteiger partial charge in [0.1, 0.15) is 0 Å². The van der Waals surface area contributed by atoms with Crippen LogP contribution in [-0.4, -0.2) is 4.57 Å². The van der Waals surface area contributed by atoms with Gasteiger partial charge in [-0.2, -0.15) is 0 Å². The molecule has 0 atom stereocenters. The summed E-state index contributed by atoms with van der Waals surface area (Å²) >= 11 is 1.90. The Morgan fingerprint density at radius 2 is 1.32 bits per heavy atom. The van der Waals surface area contributed by atoms with Gasteiger partial charge in [0.2, 0.25) is 0 Å². The van der Waals surface area contributed by atoms with Gasteiger partial charge in [-0.1, -0.05) is 72.8 Å². The van der Waals surface area contributed by atoms with Crippen molar-refractivity contribution in [1.82, 2.24) is 4.57 Å². The van der Waals surface area contributed by atoms with E-state index in [1.165, 1.54) is 53.1 Å². The fourth-order valence-corrected chi connectivity index (χ4v) is 5.84. The molecule has 0 fully saturated rings. The standard InChI is InChI=1S/C26H19NS/c1-2-27-23-15-5-3-9-17(23)19-11-7-12-20(25(19)27)22-14-8-13-21-18-10-4-6-16-24(18)28-26(21)22/h3-16H,2H2,1H3. The average Bonchev–Trinajstić information content (AvgIpc) is 3.29. The number of hydrogen-bond acceptors (Lipinski definition) is 1. The third-order valence-electron chi connectivity index (χ3n) is 5.80. The van der Waals surface area contributed by atoms with E-state index in [4.69, 9.17) is 0 Å². The Labute approximate surface area is 167 Å². The molecule has 2 heteroatoms. The number of rotatable bonds is 2. The predicted octanol–water partition coefficient (Wildman–Crippen LogP) is 7.85. The van der Waals surface area contributed by atoms with Crippen LogP contribution in [0.25, 0.3) is 53.1 Å². The first-order valence-corrected chi connectivity index (χ1v) is 10.6. The van der Waals surface area contributed by atoms with E-state index in [0.29, 0.717) is 0 Å². The maximum atomic E-state index is 2.46. The van der Waals surface area contributed by atoms with Crippen LogP contribution in [0.3, 0.4) is 0 Å². The molecule has 0 aliphatic carbocycles.